The van der Waals surface area contributed by atoms with E-state index in [0.717, 1.165) is 38.4 Å². The molecule has 160 valence electrons. The molecule has 1 aromatic carbocycles. The molecule has 29 heavy (non-hydrogen) atoms. The highest BCUT2D eigenvalue weighted by Crippen LogP contribution is 2.21. The van der Waals surface area contributed by atoms with Gasteiger partial charge in [-0.05, 0) is 37.7 Å². The zero-order valence-electron chi connectivity index (χ0n) is 17.1. The third-order valence-electron chi connectivity index (χ3n) is 5.49. The molecular weight excluding hydrogens is 388 g/mol. The third-order valence-corrected chi connectivity index (χ3v) is 7.25. The Hall–Kier alpha value is -2.09. The highest BCUT2D eigenvalue weighted by atomic mass is 32.2. The lowest BCUT2D eigenvalue weighted by Gasteiger charge is -2.21. The van der Waals surface area contributed by atoms with Crippen LogP contribution in [0.5, 0.6) is 0 Å². The van der Waals surface area contributed by atoms with Crippen LogP contribution in [0.3, 0.4) is 0 Å². The number of rotatable bonds is 7. The van der Waals surface area contributed by atoms with Gasteiger partial charge in [-0.1, -0.05) is 30.3 Å². The number of amides is 1. The van der Waals surface area contributed by atoms with Gasteiger partial charge in [-0.15, -0.1) is 0 Å². The van der Waals surface area contributed by atoms with E-state index in [1.807, 2.05) is 13.0 Å². The Bertz CT molecular complexity index is 810. The van der Waals surface area contributed by atoms with E-state index in [-0.39, 0.29) is 29.9 Å². The van der Waals surface area contributed by atoms with Gasteiger partial charge in [-0.2, -0.15) is 0 Å². The quantitative estimate of drug-likeness (QED) is 0.511. The SMILES string of the molecule is CCNC(=NCCC(=O)NC1CCS(=O)(=O)C1)N1CCC(Cc2ccccc2)C1. The summed E-state index contributed by atoms with van der Waals surface area (Å²) >= 11 is 0. The van der Waals surface area contributed by atoms with E-state index in [1.54, 1.807) is 0 Å². The van der Waals surface area contributed by atoms with Gasteiger partial charge in [0.2, 0.25) is 5.91 Å². The molecular formula is C21H32N4O3S. The standard InChI is InChI=1S/C21H32N4O3S/c1-2-22-21(23-11-8-20(26)24-19-10-13-29(27,28)16-19)25-12-9-18(15-25)14-17-6-4-3-5-7-17/h3-7,18-19H,2,8-16H2,1H3,(H,22,23)(H,24,26). The molecule has 0 aromatic heterocycles. The first-order valence-electron chi connectivity index (χ1n) is 10.5. The molecule has 0 radical (unpaired) electrons. The van der Waals surface area contributed by atoms with Crippen molar-refractivity contribution in [1.29, 1.82) is 0 Å². The number of aliphatic imine (C=N–C) groups is 1. The largest absolute Gasteiger partial charge is 0.357 e. The lowest BCUT2D eigenvalue weighted by molar-refractivity contribution is -0.121. The minimum atomic E-state index is -2.98. The highest BCUT2D eigenvalue weighted by Gasteiger charge is 2.29. The average molecular weight is 421 g/mol. The van der Waals surface area contributed by atoms with Crippen LogP contribution in [0, 0.1) is 5.92 Å². The van der Waals surface area contributed by atoms with E-state index in [9.17, 15) is 13.2 Å². The van der Waals surface area contributed by atoms with Gasteiger partial charge in [0.05, 0.1) is 18.1 Å². The normalized spacial score (nSPS) is 23.9. The summed E-state index contributed by atoms with van der Waals surface area (Å²) in [5, 5.41) is 6.15. The van der Waals surface area contributed by atoms with E-state index in [1.165, 1.54) is 5.56 Å². The second-order valence-electron chi connectivity index (χ2n) is 7.94. The number of nitrogens with zero attached hydrogens (tertiary/aromatic N) is 2. The molecule has 2 aliphatic rings. The summed E-state index contributed by atoms with van der Waals surface area (Å²) in [5.41, 5.74) is 1.37. The molecule has 7 nitrogen and oxygen atoms in total. The maximum atomic E-state index is 12.1. The fourth-order valence-electron chi connectivity index (χ4n) is 4.04. The fraction of sp³-hybridized carbons (Fsp3) is 0.619. The highest BCUT2D eigenvalue weighted by molar-refractivity contribution is 7.91. The Morgan fingerprint density at radius 3 is 2.72 bits per heavy atom. The Labute approximate surface area is 173 Å². The number of carbonyl (C=O) groups excluding carboxylic acids is 1. The lowest BCUT2D eigenvalue weighted by Crippen LogP contribution is -2.40. The number of hydrogen-bond acceptors (Lipinski definition) is 4. The number of benzene rings is 1. The molecule has 0 saturated carbocycles. The second kappa shape index (κ2) is 10.1. The van der Waals surface area contributed by atoms with Crippen molar-refractivity contribution in [3.8, 4) is 0 Å². The number of likely N-dealkylation sites (tertiary alicyclic amines) is 1. The molecule has 2 N–H and O–H groups in total. The van der Waals surface area contributed by atoms with Crippen molar-refractivity contribution in [2.24, 2.45) is 10.9 Å². The Kier molecular flexibility index (Phi) is 7.52. The van der Waals surface area contributed by atoms with Gasteiger partial charge >= 0.3 is 0 Å². The van der Waals surface area contributed by atoms with Crippen LogP contribution < -0.4 is 10.6 Å². The topological polar surface area (TPSA) is 90.9 Å². The molecule has 3 rings (SSSR count). The van der Waals surface area contributed by atoms with Gasteiger partial charge in [0.15, 0.2) is 15.8 Å². The van der Waals surface area contributed by atoms with Crippen molar-refractivity contribution in [2.45, 2.75) is 38.6 Å². The van der Waals surface area contributed by atoms with E-state index in [2.05, 4.69) is 44.8 Å². The van der Waals surface area contributed by atoms with Crippen LogP contribution in [0.4, 0.5) is 0 Å². The van der Waals surface area contributed by atoms with Crippen LogP contribution in [0.25, 0.3) is 0 Å². The van der Waals surface area contributed by atoms with Gasteiger partial charge < -0.3 is 15.5 Å². The molecule has 2 aliphatic heterocycles. The van der Waals surface area contributed by atoms with Crippen molar-refractivity contribution in [3.05, 3.63) is 35.9 Å². The zero-order valence-corrected chi connectivity index (χ0v) is 18.0. The van der Waals surface area contributed by atoms with Crippen molar-refractivity contribution < 1.29 is 13.2 Å². The molecule has 2 saturated heterocycles. The summed E-state index contributed by atoms with van der Waals surface area (Å²) in [5.74, 6) is 1.56. The molecule has 0 aliphatic carbocycles. The van der Waals surface area contributed by atoms with E-state index < -0.39 is 9.84 Å². The maximum absolute atomic E-state index is 12.1. The monoisotopic (exact) mass is 420 g/mol. The first kappa shape index (κ1) is 21.6. The Balaban J connectivity index is 1.46. The van der Waals surface area contributed by atoms with Gasteiger partial charge in [0.25, 0.3) is 0 Å². The summed E-state index contributed by atoms with van der Waals surface area (Å²) in [6, 6.07) is 10.3. The molecule has 2 atom stereocenters. The number of guanidine groups is 1. The van der Waals surface area contributed by atoms with Crippen molar-refractivity contribution in [1.82, 2.24) is 15.5 Å². The molecule has 2 unspecified atom stereocenters. The molecule has 0 spiro atoms. The van der Waals surface area contributed by atoms with Gasteiger partial charge in [0, 0.05) is 32.1 Å². The molecule has 0 bridgehead atoms. The maximum Gasteiger partial charge on any atom is 0.222 e. The summed E-state index contributed by atoms with van der Waals surface area (Å²) in [4.78, 5) is 19.0. The number of hydrogen-bond donors (Lipinski definition) is 2. The van der Waals surface area contributed by atoms with Crippen LogP contribution in [0.15, 0.2) is 35.3 Å². The van der Waals surface area contributed by atoms with Crippen LogP contribution in [-0.2, 0) is 21.1 Å². The zero-order chi connectivity index (χ0) is 20.7. The Morgan fingerprint density at radius 2 is 2.03 bits per heavy atom. The van der Waals surface area contributed by atoms with Crippen molar-refractivity contribution >= 4 is 21.7 Å². The summed E-state index contributed by atoms with van der Waals surface area (Å²) in [6.45, 7) is 5.15. The number of carbonyl (C=O) groups is 1. The van der Waals surface area contributed by atoms with Crippen LogP contribution in [0.2, 0.25) is 0 Å². The predicted molar refractivity (Wildman–Crippen MR) is 116 cm³/mol. The van der Waals surface area contributed by atoms with Gasteiger partial charge in [0.1, 0.15) is 0 Å². The van der Waals surface area contributed by atoms with Crippen LogP contribution in [0.1, 0.15) is 31.7 Å². The molecule has 2 fully saturated rings. The van der Waals surface area contributed by atoms with Crippen LogP contribution >= 0.6 is 0 Å². The van der Waals surface area contributed by atoms with E-state index in [4.69, 9.17) is 0 Å². The van der Waals surface area contributed by atoms with E-state index >= 15 is 0 Å². The van der Waals surface area contributed by atoms with Crippen molar-refractivity contribution in [2.75, 3.05) is 37.7 Å². The van der Waals surface area contributed by atoms with Crippen LogP contribution in [-0.4, -0.2) is 68.9 Å². The summed E-state index contributed by atoms with van der Waals surface area (Å²) < 4.78 is 23.0. The first-order valence-corrected chi connectivity index (χ1v) is 12.3. The average Bonchev–Trinajstić information content (AvgIpc) is 3.28. The third kappa shape index (κ3) is 6.73. The minimum Gasteiger partial charge on any atom is -0.357 e. The Morgan fingerprint density at radius 1 is 1.24 bits per heavy atom. The molecule has 1 amide bonds. The van der Waals surface area contributed by atoms with Crippen molar-refractivity contribution in [3.63, 3.8) is 0 Å². The minimum absolute atomic E-state index is 0.0568. The molecule has 1 aromatic rings. The van der Waals surface area contributed by atoms with E-state index in [0.29, 0.717) is 18.9 Å². The predicted octanol–water partition coefficient (Wildman–Crippen LogP) is 1.21. The molecule has 8 heteroatoms. The first-order chi connectivity index (χ1) is 13.9. The van der Waals surface area contributed by atoms with Gasteiger partial charge in [-0.3, -0.25) is 9.79 Å². The second-order valence-corrected chi connectivity index (χ2v) is 10.2. The summed E-state index contributed by atoms with van der Waals surface area (Å²) in [6.07, 6.45) is 2.99. The summed E-state index contributed by atoms with van der Waals surface area (Å²) in [7, 11) is -2.98. The number of sulfone groups is 1. The number of nitrogens with one attached hydrogen (secondary N) is 2. The fourth-order valence-corrected chi connectivity index (χ4v) is 5.71. The lowest BCUT2D eigenvalue weighted by atomic mass is 9.99. The van der Waals surface area contributed by atoms with Gasteiger partial charge in [-0.25, -0.2) is 8.42 Å². The molecule has 2 heterocycles. The smallest absolute Gasteiger partial charge is 0.222 e.